The van der Waals surface area contributed by atoms with Crippen LogP contribution < -0.4 is 5.43 Å². The van der Waals surface area contributed by atoms with Crippen molar-refractivity contribution in [2.45, 2.75) is 27.7 Å². The van der Waals surface area contributed by atoms with Crippen molar-refractivity contribution < 1.29 is 4.92 Å². The Bertz CT molecular complexity index is 735. The van der Waals surface area contributed by atoms with Crippen LogP contribution in [0.2, 0.25) is 0 Å². The van der Waals surface area contributed by atoms with Gasteiger partial charge in [-0.05, 0) is 33.8 Å². The van der Waals surface area contributed by atoms with Crippen molar-refractivity contribution in [3.63, 3.8) is 0 Å². The number of benzene rings is 1. The normalized spacial score (nSPS) is 11.4. The van der Waals surface area contributed by atoms with Crippen LogP contribution in [0.5, 0.6) is 0 Å². The summed E-state index contributed by atoms with van der Waals surface area (Å²) in [4.78, 5) is 19.0. The number of hydrazone groups is 1. The third-order valence-electron chi connectivity index (χ3n) is 3.13. The van der Waals surface area contributed by atoms with Crippen molar-refractivity contribution >= 4 is 17.3 Å². The molecule has 0 atom stereocenters. The van der Waals surface area contributed by atoms with Gasteiger partial charge in [0.15, 0.2) is 0 Å². The molecule has 2 rings (SSSR count). The second kappa shape index (κ2) is 6.30. The third-order valence-corrected chi connectivity index (χ3v) is 3.13. The molecular weight excluding hydrogens is 282 g/mol. The van der Waals surface area contributed by atoms with E-state index in [0.29, 0.717) is 22.8 Å². The second-order valence-corrected chi connectivity index (χ2v) is 5.04. The van der Waals surface area contributed by atoms with Crippen molar-refractivity contribution in [3.8, 4) is 0 Å². The Hall–Kier alpha value is -2.83. The highest BCUT2D eigenvalue weighted by Gasteiger charge is 2.12. The number of anilines is 1. The highest BCUT2D eigenvalue weighted by Crippen LogP contribution is 2.19. The van der Waals surface area contributed by atoms with Crippen molar-refractivity contribution in [3.05, 3.63) is 56.9 Å². The van der Waals surface area contributed by atoms with E-state index in [0.717, 1.165) is 11.4 Å². The van der Waals surface area contributed by atoms with Crippen LogP contribution in [0.1, 0.15) is 29.4 Å². The molecule has 1 N–H and O–H groups in total. The molecule has 1 aromatic heterocycles. The highest BCUT2D eigenvalue weighted by molar-refractivity contribution is 5.99. The van der Waals surface area contributed by atoms with Crippen LogP contribution in [0.15, 0.2) is 29.4 Å². The summed E-state index contributed by atoms with van der Waals surface area (Å²) in [6, 6.07) is 6.88. The zero-order valence-corrected chi connectivity index (χ0v) is 12.9. The van der Waals surface area contributed by atoms with E-state index in [9.17, 15) is 10.1 Å². The van der Waals surface area contributed by atoms with E-state index < -0.39 is 4.92 Å². The maximum atomic E-state index is 11.0. The molecule has 22 heavy (non-hydrogen) atoms. The van der Waals surface area contributed by atoms with Crippen LogP contribution in [0, 0.1) is 30.9 Å². The minimum Gasteiger partial charge on any atom is -0.258 e. The monoisotopic (exact) mass is 299 g/mol. The molecule has 0 saturated carbocycles. The fourth-order valence-electron chi connectivity index (χ4n) is 2.01. The fraction of sp³-hybridized carbons (Fsp3) is 0.267. The lowest BCUT2D eigenvalue weighted by atomic mass is 10.1. The van der Waals surface area contributed by atoms with Gasteiger partial charge in [0.1, 0.15) is 0 Å². The molecule has 0 spiro atoms. The first-order valence-electron chi connectivity index (χ1n) is 6.75. The Balaban J connectivity index is 2.25. The molecule has 0 bridgehead atoms. The Morgan fingerprint density at radius 1 is 1.18 bits per heavy atom. The molecule has 0 aliphatic heterocycles. The molecule has 7 nitrogen and oxygen atoms in total. The van der Waals surface area contributed by atoms with Crippen LogP contribution in [0.3, 0.4) is 0 Å². The van der Waals surface area contributed by atoms with Gasteiger partial charge in [-0.3, -0.25) is 10.1 Å². The number of nitro groups is 1. The van der Waals surface area contributed by atoms with Gasteiger partial charge in [0, 0.05) is 28.6 Å². The maximum absolute atomic E-state index is 11.0. The number of rotatable bonds is 4. The lowest BCUT2D eigenvalue weighted by molar-refractivity contribution is -0.385. The van der Waals surface area contributed by atoms with E-state index in [1.165, 1.54) is 6.07 Å². The predicted molar refractivity (Wildman–Crippen MR) is 85.2 cm³/mol. The van der Waals surface area contributed by atoms with Gasteiger partial charge in [-0.25, -0.2) is 15.4 Å². The van der Waals surface area contributed by atoms with Crippen LogP contribution in [0.4, 0.5) is 11.6 Å². The number of aromatic nitrogens is 2. The van der Waals surface area contributed by atoms with E-state index in [1.807, 2.05) is 19.9 Å². The first-order valence-corrected chi connectivity index (χ1v) is 6.75. The summed E-state index contributed by atoms with van der Waals surface area (Å²) in [5, 5.41) is 15.2. The van der Waals surface area contributed by atoms with Crippen LogP contribution >= 0.6 is 0 Å². The first kappa shape index (κ1) is 15.6. The highest BCUT2D eigenvalue weighted by atomic mass is 16.6. The Morgan fingerprint density at radius 2 is 1.82 bits per heavy atom. The van der Waals surface area contributed by atoms with E-state index in [4.69, 9.17) is 0 Å². The van der Waals surface area contributed by atoms with Gasteiger partial charge in [-0.15, -0.1) is 0 Å². The van der Waals surface area contributed by atoms with Crippen molar-refractivity contribution in [1.82, 2.24) is 9.97 Å². The van der Waals surface area contributed by atoms with Crippen LogP contribution in [0.25, 0.3) is 0 Å². The Kier molecular flexibility index (Phi) is 4.45. The number of nitrogens with one attached hydrogen (secondary N) is 1. The summed E-state index contributed by atoms with van der Waals surface area (Å²) in [6.07, 6.45) is 0. The topological polar surface area (TPSA) is 93.3 Å². The summed E-state index contributed by atoms with van der Waals surface area (Å²) in [7, 11) is 0. The molecule has 0 saturated heterocycles. The average Bonchev–Trinajstić information content (AvgIpc) is 2.44. The molecule has 0 aliphatic carbocycles. The second-order valence-electron chi connectivity index (χ2n) is 5.04. The zero-order chi connectivity index (χ0) is 16.3. The lowest BCUT2D eigenvalue weighted by Crippen LogP contribution is -2.04. The average molecular weight is 299 g/mol. The Labute approximate surface area is 128 Å². The van der Waals surface area contributed by atoms with Gasteiger partial charge in [0.05, 0.1) is 10.6 Å². The van der Waals surface area contributed by atoms with E-state index in [1.54, 1.807) is 26.0 Å². The largest absolute Gasteiger partial charge is 0.272 e. The molecular formula is C15H17N5O2. The molecule has 2 aromatic rings. The minimum absolute atomic E-state index is 0.0784. The quantitative estimate of drug-likeness (QED) is 0.531. The molecule has 114 valence electrons. The maximum Gasteiger partial charge on any atom is 0.272 e. The van der Waals surface area contributed by atoms with E-state index in [-0.39, 0.29) is 5.69 Å². The fourth-order valence-corrected chi connectivity index (χ4v) is 2.01. The van der Waals surface area contributed by atoms with Gasteiger partial charge < -0.3 is 0 Å². The molecule has 0 amide bonds. The number of nitro benzene ring substituents is 1. The van der Waals surface area contributed by atoms with Gasteiger partial charge in [-0.2, -0.15) is 5.10 Å². The minimum atomic E-state index is -0.396. The summed E-state index contributed by atoms with van der Waals surface area (Å²) < 4.78 is 0. The summed E-state index contributed by atoms with van der Waals surface area (Å²) in [5.41, 5.74) is 6.45. The van der Waals surface area contributed by atoms with Crippen molar-refractivity contribution in [2.75, 3.05) is 5.43 Å². The van der Waals surface area contributed by atoms with Crippen molar-refractivity contribution in [2.24, 2.45) is 5.10 Å². The van der Waals surface area contributed by atoms with Gasteiger partial charge in [0.2, 0.25) is 5.95 Å². The SMILES string of the molecule is C/C(=N\Nc1nc(C)cc(C)n1)c1ccc(C)c([N+](=O)[O-])c1. The smallest absolute Gasteiger partial charge is 0.258 e. The lowest BCUT2D eigenvalue weighted by Gasteiger charge is -2.05. The molecule has 0 aliphatic rings. The van der Waals surface area contributed by atoms with E-state index >= 15 is 0 Å². The molecule has 1 heterocycles. The third kappa shape index (κ3) is 3.63. The van der Waals surface area contributed by atoms with E-state index in [2.05, 4.69) is 20.5 Å². The van der Waals surface area contributed by atoms with Gasteiger partial charge in [0.25, 0.3) is 5.69 Å². The summed E-state index contributed by atoms with van der Waals surface area (Å²) in [6.45, 7) is 7.22. The number of hydrogen-bond donors (Lipinski definition) is 1. The number of hydrogen-bond acceptors (Lipinski definition) is 6. The molecule has 0 fully saturated rings. The summed E-state index contributed by atoms with van der Waals surface area (Å²) in [5.74, 6) is 0.401. The van der Waals surface area contributed by atoms with Crippen LogP contribution in [-0.2, 0) is 0 Å². The number of nitrogens with zero attached hydrogens (tertiary/aromatic N) is 4. The van der Waals surface area contributed by atoms with Crippen LogP contribution in [-0.4, -0.2) is 20.6 Å². The Morgan fingerprint density at radius 3 is 2.41 bits per heavy atom. The summed E-state index contributed by atoms with van der Waals surface area (Å²) >= 11 is 0. The van der Waals surface area contributed by atoms with Gasteiger partial charge in [-0.1, -0.05) is 12.1 Å². The predicted octanol–water partition coefficient (Wildman–Crippen LogP) is 3.15. The first-order chi connectivity index (χ1) is 10.4. The zero-order valence-electron chi connectivity index (χ0n) is 12.9. The molecule has 0 radical (unpaired) electrons. The molecule has 7 heteroatoms. The standard InChI is InChI=1S/C15H17N5O2/c1-9-5-6-13(8-14(9)20(21)22)12(4)18-19-15-16-10(2)7-11(3)17-15/h5-8H,1-4H3,(H,16,17,19)/b18-12+. The van der Waals surface area contributed by atoms with Crippen molar-refractivity contribution in [1.29, 1.82) is 0 Å². The molecule has 1 aromatic carbocycles. The molecule has 0 unspecified atom stereocenters. The van der Waals surface area contributed by atoms with Gasteiger partial charge >= 0.3 is 0 Å². The number of aryl methyl sites for hydroxylation is 3.